The molecule has 0 aliphatic rings. The van der Waals surface area contributed by atoms with Gasteiger partial charge in [-0.05, 0) is 19.1 Å². The molecule has 0 radical (unpaired) electrons. The van der Waals surface area contributed by atoms with Gasteiger partial charge in [-0.2, -0.15) is 5.10 Å². The van der Waals surface area contributed by atoms with Crippen LogP contribution in [0.25, 0.3) is 22.2 Å². The van der Waals surface area contributed by atoms with Gasteiger partial charge in [0.15, 0.2) is 0 Å². The molecule has 3 nitrogen and oxygen atoms in total. The second-order valence-corrected chi connectivity index (χ2v) is 4.47. The van der Waals surface area contributed by atoms with Gasteiger partial charge in [0.2, 0.25) is 0 Å². The summed E-state index contributed by atoms with van der Waals surface area (Å²) in [6, 6.07) is 10.6. The zero-order valence-electron chi connectivity index (χ0n) is 10.3. The summed E-state index contributed by atoms with van der Waals surface area (Å²) in [6.07, 6.45) is 2.17. The molecular formula is C14H15N3. The summed E-state index contributed by atoms with van der Waals surface area (Å²) in [5.41, 5.74) is 4.71. The first-order chi connectivity index (χ1) is 8.16. The fraction of sp³-hybridized carbons (Fsp3) is 0.214. The normalized spacial score (nSPS) is 11.2. The van der Waals surface area contributed by atoms with Gasteiger partial charge >= 0.3 is 0 Å². The predicted octanol–water partition coefficient (Wildman–Crippen LogP) is 2.89. The van der Waals surface area contributed by atoms with Crippen molar-refractivity contribution < 1.29 is 0 Å². The Labute approximate surface area is 100 Å². The highest BCUT2D eigenvalue weighted by Gasteiger charge is 2.11. The quantitative estimate of drug-likeness (QED) is 0.624. The minimum atomic E-state index is 1.05. The molecule has 3 heteroatoms. The van der Waals surface area contributed by atoms with E-state index in [1.54, 1.807) is 0 Å². The molecule has 0 aliphatic heterocycles. The lowest BCUT2D eigenvalue weighted by molar-refractivity contribution is 0.764. The van der Waals surface area contributed by atoms with Crippen LogP contribution >= 0.6 is 0 Å². The van der Waals surface area contributed by atoms with Gasteiger partial charge in [0.1, 0.15) is 0 Å². The summed E-state index contributed by atoms with van der Waals surface area (Å²) in [6.45, 7) is 2.02. The summed E-state index contributed by atoms with van der Waals surface area (Å²) in [5.74, 6) is 0. The van der Waals surface area contributed by atoms with Crippen molar-refractivity contribution in [2.24, 2.45) is 14.1 Å². The van der Waals surface area contributed by atoms with Crippen LogP contribution in [-0.2, 0) is 14.1 Å². The van der Waals surface area contributed by atoms with Crippen molar-refractivity contribution in [2.75, 3.05) is 0 Å². The van der Waals surface area contributed by atoms with Crippen molar-refractivity contribution in [2.45, 2.75) is 6.92 Å². The lowest BCUT2D eigenvalue weighted by Crippen LogP contribution is -1.93. The van der Waals surface area contributed by atoms with Crippen LogP contribution in [0.3, 0.4) is 0 Å². The number of aryl methyl sites for hydroxylation is 3. The van der Waals surface area contributed by atoms with Gasteiger partial charge in [-0.1, -0.05) is 18.2 Å². The molecule has 3 aromatic rings. The molecule has 0 amide bonds. The van der Waals surface area contributed by atoms with E-state index in [0.29, 0.717) is 0 Å². The average molecular weight is 225 g/mol. The standard InChI is InChI=1S/C14H15N3/c1-10-8-14(17(3)15-10)12-9-16(2)13-7-5-4-6-11(12)13/h4-9H,1-3H3. The van der Waals surface area contributed by atoms with Crippen LogP contribution in [0, 0.1) is 6.92 Å². The Morgan fingerprint density at radius 1 is 1.12 bits per heavy atom. The second-order valence-electron chi connectivity index (χ2n) is 4.47. The van der Waals surface area contributed by atoms with Crippen molar-refractivity contribution in [1.82, 2.24) is 14.3 Å². The van der Waals surface area contributed by atoms with Crippen LogP contribution in [0.1, 0.15) is 5.69 Å². The molecule has 0 saturated carbocycles. The van der Waals surface area contributed by atoms with Crippen molar-refractivity contribution in [3.63, 3.8) is 0 Å². The molecule has 17 heavy (non-hydrogen) atoms. The van der Waals surface area contributed by atoms with Crippen molar-refractivity contribution in [3.05, 3.63) is 42.2 Å². The smallest absolute Gasteiger partial charge is 0.0703 e. The maximum Gasteiger partial charge on any atom is 0.0703 e. The first-order valence-electron chi connectivity index (χ1n) is 5.72. The lowest BCUT2D eigenvalue weighted by atomic mass is 10.1. The molecule has 0 atom stereocenters. The van der Waals surface area contributed by atoms with Crippen molar-refractivity contribution >= 4 is 10.9 Å². The number of fused-ring (bicyclic) bond motifs is 1. The van der Waals surface area contributed by atoms with Gasteiger partial charge in [0, 0.05) is 36.8 Å². The zero-order valence-corrected chi connectivity index (χ0v) is 10.3. The number of hydrogen-bond donors (Lipinski definition) is 0. The van der Waals surface area contributed by atoms with Gasteiger partial charge in [-0.15, -0.1) is 0 Å². The van der Waals surface area contributed by atoms with E-state index >= 15 is 0 Å². The Morgan fingerprint density at radius 3 is 2.59 bits per heavy atom. The molecule has 0 spiro atoms. The number of hydrogen-bond acceptors (Lipinski definition) is 1. The second kappa shape index (κ2) is 3.48. The van der Waals surface area contributed by atoms with E-state index in [2.05, 4.69) is 53.2 Å². The third kappa shape index (κ3) is 1.46. The third-order valence-electron chi connectivity index (χ3n) is 3.17. The van der Waals surface area contributed by atoms with E-state index in [0.717, 1.165) is 5.69 Å². The van der Waals surface area contributed by atoms with E-state index in [1.807, 2.05) is 18.7 Å². The summed E-state index contributed by atoms with van der Waals surface area (Å²) >= 11 is 0. The molecule has 3 rings (SSSR count). The Bertz CT molecular complexity index is 689. The van der Waals surface area contributed by atoms with Crippen LogP contribution in [0.4, 0.5) is 0 Å². The largest absolute Gasteiger partial charge is 0.350 e. The van der Waals surface area contributed by atoms with Crippen LogP contribution in [-0.4, -0.2) is 14.3 Å². The van der Waals surface area contributed by atoms with Crippen LogP contribution in [0.5, 0.6) is 0 Å². The monoisotopic (exact) mass is 225 g/mol. The third-order valence-corrected chi connectivity index (χ3v) is 3.17. The summed E-state index contributed by atoms with van der Waals surface area (Å²) in [7, 11) is 4.07. The first kappa shape index (κ1) is 10.1. The van der Waals surface area contributed by atoms with Crippen molar-refractivity contribution in [1.29, 1.82) is 0 Å². The molecular weight excluding hydrogens is 210 g/mol. The molecule has 0 fully saturated rings. The Hall–Kier alpha value is -2.03. The number of para-hydroxylation sites is 1. The molecule has 0 saturated heterocycles. The van der Waals surface area contributed by atoms with Crippen LogP contribution < -0.4 is 0 Å². The van der Waals surface area contributed by atoms with E-state index in [-0.39, 0.29) is 0 Å². The molecule has 2 heterocycles. The average Bonchev–Trinajstić information content (AvgIpc) is 2.80. The van der Waals surface area contributed by atoms with Gasteiger partial charge in [-0.3, -0.25) is 4.68 Å². The fourth-order valence-electron chi connectivity index (χ4n) is 2.41. The van der Waals surface area contributed by atoms with E-state index in [4.69, 9.17) is 0 Å². The molecule has 2 aromatic heterocycles. The topological polar surface area (TPSA) is 22.8 Å². The van der Waals surface area contributed by atoms with Gasteiger partial charge in [0.05, 0.1) is 11.4 Å². The highest BCUT2D eigenvalue weighted by atomic mass is 15.3. The van der Waals surface area contributed by atoms with Crippen LogP contribution in [0.2, 0.25) is 0 Å². The fourth-order valence-corrected chi connectivity index (χ4v) is 2.41. The molecule has 1 aromatic carbocycles. The summed E-state index contributed by atoms with van der Waals surface area (Å²) < 4.78 is 4.10. The lowest BCUT2D eigenvalue weighted by Gasteiger charge is -1.99. The molecule has 0 bridgehead atoms. The zero-order chi connectivity index (χ0) is 12.0. The molecule has 0 aliphatic carbocycles. The Balaban J connectivity index is 2.34. The Kier molecular flexibility index (Phi) is 2.08. The van der Waals surface area contributed by atoms with Gasteiger partial charge in [0.25, 0.3) is 0 Å². The van der Waals surface area contributed by atoms with E-state index in [1.165, 1.54) is 22.2 Å². The van der Waals surface area contributed by atoms with Gasteiger partial charge in [-0.25, -0.2) is 0 Å². The number of rotatable bonds is 1. The van der Waals surface area contributed by atoms with Crippen LogP contribution in [0.15, 0.2) is 36.5 Å². The predicted molar refractivity (Wildman–Crippen MR) is 69.9 cm³/mol. The maximum atomic E-state index is 4.41. The van der Waals surface area contributed by atoms with Gasteiger partial charge < -0.3 is 4.57 Å². The minimum Gasteiger partial charge on any atom is -0.350 e. The number of benzene rings is 1. The molecule has 0 N–H and O–H groups in total. The molecule has 0 unspecified atom stereocenters. The number of nitrogens with zero attached hydrogens (tertiary/aromatic N) is 3. The SMILES string of the molecule is Cc1cc(-c2cn(C)c3ccccc23)n(C)n1. The van der Waals surface area contributed by atoms with Crippen molar-refractivity contribution in [3.8, 4) is 11.3 Å². The van der Waals surface area contributed by atoms with E-state index in [9.17, 15) is 0 Å². The minimum absolute atomic E-state index is 1.05. The highest BCUT2D eigenvalue weighted by molar-refractivity contribution is 5.95. The summed E-state index contributed by atoms with van der Waals surface area (Å²) in [5, 5.41) is 5.69. The summed E-state index contributed by atoms with van der Waals surface area (Å²) in [4.78, 5) is 0. The highest BCUT2D eigenvalue weighted by Crippen LogP contribution is 2.29. The number of aromatic nitrogens is 3. The maximum absolute atomic E-state index is 4.41. The molecule has 86 valence electrons. The first-order valence-corrected chi connectivity index (χ1v) is 5.72. The van der Waals surface area contributed by atoms with E-state index < -0.39 is 0 Å². The Morgan fingerprint density at radius 2 is 1.88 bits per heavy atom.